The number of nitrogens with two attached hydrogens (primary N) is 3. The maximum atomic E-state index is 13.7. The quantitative estimate of drug-likeness (QED) is 0.0125. The smallest absolute Gasteiger partial charge is 0.387 e. The van der Waals surface area contributed by atoms with Gasteiger partial charge in [-0.2, -0.15) is 23.2 Å². The highest BCUT2D eigenvalue weighted by Crippen LogP contribution is 2.68. The lowest BCUT2D eigenvalue weighted by molar-refractivity contribution is -0.646. The van der Waals surface area contributed by atoms with Gasteiger partial charge >= 0.3 is 36.9 Å². The van der Waals surface area contributed by atoms with E-state index in [2.05, 4.69) is 55.1 Å². The Kier molecular flexibility index (Phi) is 17.1. The number of methoxy groups -OCH3 is 1. The van der Waals surface area contributed by atoms with Crippen molar-refractivity contribution >= 4 is 82.5 Å². The van der Waals surface area contributed by atoms with Gasteiger partial charge in [0.15, 0.2) is 35.1 Å². The third-order valence-electron chi connectivity index (χ3n) is 12.6. The summed E-state index contributed by atoms with van der Waals surface area (Å²) in [5, 5.41) is 33.3. The van der Waals surface area contributed by atoms with E-state index in [4.69, 9.17) is 59.0 Å². The van der Waals surface area contributed by atoms with Gasteiger partial charge in [0.1, 0.15) is 54.6 Å². The molecule has 3 saturated heterocycles. The van der Waals surface area contributed by atoms with Crippen LogP contribution in [0.1, 0.15) is 25.1 Å². The molecule has 9 rings (SSSR count). The predicted octanol–water partition coefficient (Wildman–Crippen LogP) is -2.86. The number of fused-ring (bicyclic) bond motifs is 3. The van der Waals surface area contributed by atoms with E-state index in [1.807, 2.05) is 0 Å². The summed E-state index contributed by atoms with van der Waals surface area (Å²) in [5.41, 5.74) is 15.8. The molecule has 0 aliphatic carbocycles. The number of aromatic nitrogens is 12. The zero-order valence-corrected chi connectivity index (χ0v) is 44.9. The molecule has 0 radical (unpaired) electrons. The van der Waals surface area contributed by atoms with Crippen LogP contribution < -0.4 is 32.9 Å². The summed E-state index contributed by atoms with van der Waals surface area (Å²) in [7, 11) is -20.8. The van der Waals surface area contributed by atoms with Gasteiger partial charge in [0.25, 0.3) is 16.7 Å². The number of aliphatic hydroxyl groups excluding tert-OH is 3. The summed E-state index contributed by atoms with van der Waals surface area (Å²) in [6, 6.07) is 0. The number of hydrogen-bond acceptors (Lipinski definition) is 29. The Morgan fingerprint density at radius 1 is 0.700 bits per heavy atom. The van der Waals surface area contributed by atoms with Gasteiger partial charge < -0.3 is 75.8 Å². The van der Waals surface area contributed by atoms with Crippen LogP contribution in [-0.4, -0.2) is 177 Å². The molecular weight excluding hydrogens is 1160 g/mol. The van der Waals surface area contributed by atoms with Crippen LogP contribution in [0.5, 0.6) is 0 Å². The van der Waals surface area contributed by atoms with Gasteiger partial charge in [-0.3, -0.25) is 46.8 Å². The molecule has 9 heterocycles. The second-order valence-corrected chi connectivity index (χ2v) is 23.8. The third-order valence-corrected chi connectivity index (χ3v) is 17.8. The molecule has 0 saturated carbocycles. The number of H-pyrrole nitrogens is 2. The number of ether oxygens (including phenoxy) is 5. The molecule has 5 unspecified atom stereocenters. The van der Waals surface area contributed by atoms with Crippen LogP contribution in [0.25, 0.3) is 33.5 Å². The number of aryl methyl sites for hydroxylation is 1. The molecule has 80 heavy (non-hydrogen) atoms. The van der Waals surface area contributed by atoms with Gasteiger partial charge in [-0.1, -0.05) is 6.08 Å². The first-order chi connectivity index (χ1) is 37.7. The number of imidazole rings is 3. The van der Waals surface area contributed by atoms with E-state index in [9.17, 15) is 62.7 Å². The van der Waals surface area contributed by atoms with Crippen molar-refractivity contribution in [1.82, 2.24) is 53.6 Å². The summed E-state index contributed by atoms with van der Waals surface area (Å²) in [5.74, 6) is -1.63. The van der Waals surface area contributed by atoms with E-state index in [0.29, 0.717) is 0 Å². The third kappa shape index (κ3) is 12.3. The van der Waals surface area contributed by atoms with Crippen LogP contribution in [-0.2, 0) is 75.7 Å². The number of phosphoric ester groups is 3. The van der Waals surface area contributed by atoms with Crippen molar-refractivity contribution in [2.75, 3.05) is 57.3 Å². The Balaban J connectivity index is 0.873. The minimum absolute atomic E-state index is 0.00584. The number of nitrogens with zero attached hydrogens (tertiary/aromatic N) is 10. The van der Waals surface area contributed by atoms with Gasteiger partial charge in [-0.15, -0.1) is 6.58 Å². The average Bonchev–Trinajstić information content (AvgIpc) is 4.28. The molecule has 0 bridgehead atoms. The lowest BCUT2D eigenvalue weighted by atomic mass is 9.95. The predicted molar refractivity (Wildman–Crippen MR) is 262 cm³/mol. The number of aliphatic hydroxyl groups is 3. The van der Waals surface area contributed by atoms with Crippen molar-refractivity contribution in [3.63, 3.8) is 0 Å². The molecule has 16 atom stereocenters. The van der Waals surface area contributed by atoms with E-state index in [0.717, 1.165) is 30.7 Å². The summed E-state index contributed by atoms with van der Waals surface area (Å²) in [6.07, 6.45) is -11.4. The standard InChI is InChI=1S/C37H51N15O24P4/c1-4-6-67-7-5-15-16(71-33(22(15)53)52-14-49(2)21-30(52)46-37(40)48-32(21)57)8-69-78(60,61)75-80(64,65)76-79(62,63)70-10-18-25(26(66-3)35(73-18)50-12-43-19-27(38)41-11-42-28(19)50)74-77(58,59)68-9-17-23(54)24(55)34(72-17)51-13-44-20-29(51)45-36(39)47-31(20)56/h4,11-18,22-26,33-35,53-55H,1,5-10H2,2-3H3,(H11-,38,39,40,41,42,45,46,47,48,56,57,58,59,60,61,62,63,64,65)/p+1/t15-,16-,17-,18-,22-,23-,24-,25-,26-,33?,34-,35-/m1/s1. The molecular formula is C37H52N15O24P4+. The summed E-state index contributed by atoms with van der Waals surface area (Å²) >= 11 is 0. The maximum absolute atomic E-state index is 13.7. The van der Waals surface area contributed by atoms with Crippen LogP contribution in [0.4, 0.5) is 17.7 Å². The second-order valence-electron chi connectivity index (χ2n) is 17.8. The second kappa shape index (κ2) is 23.1. The molecule has 6 aromatic heterocycles. The number of hydrogen-bond donors (Lipinski definition) is 12. The first-order valence-corrected chi connectivity index (χ1v) is 29.2. The Bertz CT molecular complexity index is 3600. The SMILES string of the molecule is C=CCOCC[C@@H]1[C@@H](COP(=O)(O)OP(=O)(O)OP(=O)(O)OC[C@H]2O[C@@H](n3cnc4c(N)ncnc43)[C@H](OC)[C@@H]2OP(=O)(O)OC[C@H]2O[C@@H](n3cnc4c(=O)[nH]c(N)nc43)[C@H](O)[C@@H]2O)OC(n2c[n+](C)c3c(=O)[nH]c(N)nc32)[C@@H]1O. The Morgan fingerprint density at radius 2 is 1.27 bits per heavy atom. The van der Waals surface area contributed by atoms with E-state index in [1.54, 1.807) is 0 Å². The van der Waals surface area contributed by atoms with Crippen LogP contribution in [0, 0.1) is 5.92 Å². The Morgan fingerprint density at radius 3 is 1.95 bits per heavy atom. The Hall–Kier alpha value is -5.41. The largest absolute Gasteiger partial charge is 0.490 e. The van der Waals surface area contributed by atoms with E-state index >= 15 is 0 Å². The monoisotopic (exact) mass is 1210 g/mol. The van der Waals surface area contributed by atoms with E-state index < -0.39 is 136 Å². The number of rotatable bonds is 24. The molecule has 0 amide bonds. The van der Waals surface area contributed by atoms with Gasteiger partial charge in [0.05, 0.1) is 52.2 Å². The van der Waals surface area contributed by atoms with Crippen molar-refractivity contribution in [3.8, 4) is 0 Å². The summed E-state index contributed by atoms with van der Waals surface area (Å²) in [6.45, 7) is 0.482. The molecule has 6 aromatic rings. The van der Waals surface area contributed by atoms with Crippen LogP contribution in [0.2, 0.25) is 0 Å². The lowest BCUT2D eigenvalue weighted by Gasteiger charge is -2.26. The van der Waals surface area contributed by atoms with Crippen LogP contribution in [0.3, 0.4) is 0 Å². The molecule has 3 aliphatic heterocycles. The molecule has 43 heteroatoms. The highest BCUT2D eigenvalue weighted by atomic mass is 31.3. The fraction of sp³-hybridized carbons (Fsp3) is 0.541. The molecule has 15 N–H and O–H groups in total. The molecule has 0 spiro atoms. The molecule has 3 fully saturated rings. The van der Waals surface area contributed by atoms with Crippen molar-refractivity contribution in [2.24, 2.45) is 13.0 Å². The molecule has 438 valence electrons. The maximum Gasteiger partial charge on any atom is 0.490 e. The zero-order chi connectivity index (χ0) is 57.8. The highest BCUT2D eigenvalue weighted by molar-refractivity contribution is 7.66. The van der Waals surface area contributed by atoms with Crippen molar-refractivity contribution in [3.05, 3.63) is 58.7 Å². The van der Waals surface area contributed by atoms with Crippen molar-refractivity contribution in [1.29, 1.82) is 0 Å². The van der Waals surface area contributed by atoms with Crippen molar-refractivity contribution < 1.29 is 108 Å². The fourth-order valence-electron chi connectivity index (χ4n) is 9.12. The van der Waals surface area contributed by atoms with Crippen LogP contribution in [0.15, 0.2) is 47.6 Å². The molecule has 3 aliphatic rings. The van der Waals surface area contributed by atoms with Gasteiger partial charge in [0, 0.05) is 19.6 Å². The lowest BCUT2D eigenvalue weighted by Crippen LogP contribution is -2.38. The minimum Gasteiger partial charge on any atom is -0.387 e. The average molecular weight is 1210 g/mol. The number of nitrogen functional groups attached to an aromatic ring is 3. The normalized spacial score (nSPS) is 29.3. The summed E-state index contributed by atoms with van der Waals surface area (Å²) in [4.78, 5) is 96.8. The van der Waals surface area contributed by atoms with Gasteiger partial charge in [-0.05, 0) is 6.42 Å². The topological polar surface area (TPSA) is 551 Å². The first-order valence-electron chi connectivity index (χ1n) is 23.2. The van der Waals surface area contributed by atoms with Gasteiger partial charge in [0.2, 0.25) is 24.5 Å². The van der Waals surface area contributed by atoms with Gasteiger partial charge in [-0.25, -0.2) is 42.8 Å². The van der Waals surface area contributed by atoms with Crippen LogP contribution >= 0.6 is 31.3 Å². The van der Waals surface area contributed by atoms with Crippen molar-refractivity contribution in [2.45, 2.75) is 73.9 Å². The number of phosphoric acid groups is 4. The fourth-order valence-corrected chi connectivity index (χ4v) is 13.6. The Labute approximate surface area is 446 Å². The number of anilines is 3. The zero-order valence-electron chi connectivity index (χ0n) is 41.3. The molecule has 0 aromatic carbocycles. The van der Waals surface area contributed by atoms with E-state index in [-0.39, 0.29) is 70.8 Å². The highest BCUT2D eigenvalue weighted by Gasteiger charge is 2.54. The molecule has 39 nitrogen and oxygen atoms in total. The van der Waals surface area contributed by atoms with E-state index in [1.165, 1.54) is 33.2 Å². The minimum atomic E-state index is -6.20. The first kappa shape index (κ1) is 59.2. The summed E-state index contributed by atoms with van der Waals surface area (Å²) < 4.78 is 116. The number of nitrogens with one attached hydrogen (secondary N) is 2. The number of aromatic amines is 2.